The largest absolute Gasteiger partial charge is 0.357 e. The van der Waals surface area contributed by atoms with Gasteiger partial charge in [0.1, 0.15) is 0 Å². The highest BCUT2D eigenvalue weighted by Crippen LogP contribution is 2.66. The highest BCUT2D eigenvalue weighted by Gasteiger charge is 2.60. The van der Waals surface area contributed by atoms with Gasteiger partial charge in [-0.3, -0.25) is 0 Å². The lowest BCUT2D eigenvalue weighted by atomic mass is 9.43. The van der Waals surface area contributed by atoms with Crippen molar-refractivity contribution >= 4 is 23.0 Å². The Kier molecular flexibility index (Phi) is 3.10. The summed E-state index contributed by atoms with van der Waals surface area (Å²) in [6, 6.07) is 10.2. The predicted molar refractivity (Wildman–Crippen MR) is 95.9 cm³/mol. The monoisotopic (exact) mass is 314 g/mol. The van der Waals surface area contributed by atoms with Gasteiger partial charge in [0, 0.05) is 11.2 Å². The molecule has 2 atom stereocenters. The lowest BCUT2D eigenvalue weighted by molar-refractivity contribution is -0.111. The average molecular weight is 314 g/mol. The molecule has 22 heavy (non-hydrogen) atoms. The molecular weight excluding hydrogens is 288 g/mol. The topological polar surface area (TPSA) is 24.1 Å². The normalized spacial score (nSPS) is 42.2. The molecule has 3 heteroatoms. The number of nitrogens with one attached hydrogen (secondary N) is 2. The smallest absolute Gasteiger partial charge is 0.171 e. The number of anilines is 1. The summed E-state index contributed by atoms with van der Waals surface area (Å²) in [5.41, 5.74) is 2.33. The Balaban J connectivity index is 1.51. The van der Waals surface area contributed by atoms with Gasteiger partial charge in [-0.05, 0) is 79.6 Å². The van der Waals surface area contributed by atoms with Crippen LogP contribution in [0, 0.1) is 16.7 Å². The minimum absolute atomic E-state index is 0.224. The zero-order chi connectivity index (χ0) is 15.4. The molecule has 0 aliphatic heterocycles. The fraction of sp³-hybridized carbons (Fsp3) is 0.632. The van der Waals surface area contributed by atoms with E-state index in [-0.39, 0.29) is 5.54 Å². The summed E-state index contributed by atoms with van der Waals surface area (Å²) < 4.78 is 0. The molecule has 0 radical (unpaired) electrons. The van der Waals surface area contributed by atoms with E-state index < -0.39 is 0 Å². The summed E-state index contributed by atoms with van der Waals surface area (Å²) in [6.07, 6.45) is 8.11. The van der Waals surface area contributed by atoms with Gasteiger partial charge in [-0.1, -0.05) is 32.0 Å². The van der Waals surface area contributed by atoms with Crippen molar-refractivity contribution in [3.05, 3.63) is 30.3 Å². The third-order valence-corrected chi connectivity index (χ3v) is 6.24. The van der Waals surface area contributed by atoms with Crippen molar-refractivity contribution in [1.82, 2.24) is 5.32 Å². The van der Waals surface area contributed by atoms with Gasteiger partial charge < -0.3 is 10.6 Å². The van der Waals surface area contributed by atoms with E-state index in [0.29, 0.717) is 10.8 Å². The molecule has 0 heterocycles. The van der Waals surface area contributed by atoms with Crippen molar-refractivity contribution in [1.29, 1.82) is 0 Å². The van der Waals surface area contributed by atoms with Crippen LogP contribution in [0.4, 0.5) is 5.69 Å². The van der Waals surface area contributed by atoms with Crippen LogP contribution in [0.25, 0.3) is 0 Å². The van der Waals surface area contributed by atoms with Crippen molar-refractivity contribution in [2.45, 2.75) is 57.9 Å². The van der Waals surface area contributed by atoms with Crippen LogP contribution in [-0.4, -0.2) is 10.7 Å². The van der Waals surface area contributed by atoms with Crippen LogP contribution in [0.1, 0.15) is 52.4 Å². The molecule has 4 fully saturated rings. The molecule has 2 N–H and O–H groups in total. The first-order valence-electron chi connectivity index (χ1n) is 8.52. The van der Waals surface area contributed by atoms with Crippen LogP contribution >= 0.6 is 12.2 Å². The van der Waals surface area contributed by atoms with Gasteiger partial charge >= 0.3 is 0 Å². The number of hydrogen-bond donors (Lipinski definition) is 2. The van der Waals surface area contributed by atoms with E-state index in [2.05, 4.69) is 36.6 Å². The molecule has 4 bridgehead atoms. The quantitative estimate of drug-likeness (QED) is 0.772. The van der Waals surface area contributed by atoms with E-state index in [0.717, 1.165) is 16.7 Å². The molecule has 0 saturated heterocycles. The summed E-state index contributed by atoms with van der Waals surface area (Å²) >= 11 is 5.62. The minimum atomic E-state index is 0.224. The van der Waals surface area contributed by atoms with E-state index in [9.17, 15) is 0 Å². The van der Waals surface area contributed by atoms with Crippen LogP contribution in [0.3, 0.4) is 0 Å². The van der Waals surface area contributed by atoms with Crippen molar-refractivity contribution in [3.8, 4) is 0 Å². The van der Waals surface area contributed by atoms with Crippen molar-refractivity contribution in [2.75, 3.05) is 5.32 Å². The van der Waals surface area contributed by atoms with Crippen LogP contribution < -0.4 is 10.6 Å². The van der Waals surface area contributed by atoms with Crippen molar-refractivity contribution < 1.29 is 0 Å². The molecule has 1 aromatic rings. The molecule has 4 aliphatic carbocycles. The highest BCUT2D eigenvalue weighted by molar-refractivity contribution is 7.80. The number of rotatable bonds is 2. The van der Waals surface area contributed by atoms with Crippen LogP contribution in [-0.2, 0) is 0 Å². The molecule has 2 nitrogen and oxygen atoms in total. The molecule has 4 aliphatic rings. The van der Waals surface area contributed by atoms with Gasteiger partial charge in [-0.2, -0.15) is 0 Å². The Bertz CT molecular complexity index is 579. The third-order valence-electron chi connectivity index (χ3n) is 6.04. The summed E-state index contributed by atoms with van der Waals surface area (Å²) in [5.74, 6) is 0.887. The van der Waals surface area contributed by atoms with Gasteiger partial charge in [0.2, 0.25) is 0 Å². The third kappa shape index (κ3) is 2.54. The number of thiocarbonyl (C=S) groups is 1. The molecule has 118 valence electrons. The van der Waals surface area contributed by atoms with Crippen LogP contribution in [0.15, 0.2) is 30.3 Å². The van der Waals surface area contributed by atoms with E-state index in [4.69, 9.17) is 12.2 Å². The van der Waals surface area contributed by atoms with E-state index in [1.54, 1.807) is 0 Å². The van der Waals surface area contributed by atoms with Crippen molar-refractivity contribution in [3.63, 3.8) is 0 Å². The maximum absolute atomic E-state index is 5.62. The predicted octanol–water partition coefficient (Wildman–Crippen LogP) is 4.72. The minimum Gasteiger partial charge on any atom is -0.357 e. The number of para-hydroxylation sites is 1. The Morgan fingerprint density at radius 1 is 1.00 bits per heavy atom. The zero-order valence-corrected chi connectivity index (χ0v) is 14.4. The fourth-order valence-electron chi connectivity index (χ4n) is 6.51. The summed E-state index contributed by atoms with van der Waals surface area (Å²) in [7, 11) is 0. The molecule has 0 spiro atoms. The molecular formula is C19H26N2S. The maximum Gasteiger partial charge on any atom is 0.171 e. The first kappa shape index (κ1) is 14.5. The van der Waals surface area contributed by atoms with Gasteiger partial charge in [0.15, 0.2) is 5.11 Å². The van der Waals surface area contributed by atoms with Crippen LogP contribution in [0.2, 0.25) is 0 Å². The average Bonchev–Trinajstić information content (AvgIpc) is 2.34. The van der Waals surface area contributed by atoms with Gasteiger partial charge in [-0.15, -0.1) is 0 Å². The summed E-state index contributed by atoms with van der Waals surface area (Å²) in [5, 5.41) is 7.90. The molecule has 1 aromatic carbocycles. The second-order valence-corrected chi connectivity index (χ2v) is 9.26. The Labute approximate surface area is 139 Å². The molecule has 4 saturated carbocycles. The van der Waals surface area contributed by atoms with Gasteiger partial charge in [-0.25, -0.2) is 0 Å². The lowest BCUT2D eigenvalue weighted by Crippen LogP contribution is -2.65. The van der Waals surface area contributed by atoms with E-state index in [1.807, 2.05) is 18.2 Å². The van der Waals surface area contributed by atoms with Gasteiger partial charge in [0.25, 0.3) is 0 Å². The molecule has 0 unspecified atom stereocenters. The second kappa shape index (κ2) is 4.70. The van der Waals surface area contributed by atoms with Crippen LogP contribution in [0.5, 0.6) is 0 Å². The Morgan fingerprint density at radius 3 is 2.23 bits per heavy atom. The second-order valence-electron chi connectivity index (χ2n) is 8.86. The number of benzene rings is 1. The molecule has 0 amide bonds. The maximum atomic E-state index is 5.62. The number of hydrogen-bond acceptors (Lipinski definition) is 1. The first-order chi connectivity index (χ1) is 10.4. The van der Waals surface area contributed by atoms with Gasteiger partial charge in [0.05, 0.1) is 0 Å². The highest BCUT2D eigenvalue weighted by atomic mass is 32.1. The SMILES string of the molecule is C[C@]12CC3CC(NC(=S)Nc4ccccc4)(C1)C[C@](C)(C3)C2. The van der Waals surface area contributed by atoms with E-state index in [1.165, 1.54) is 38.5 Å². The summed E-state index contributed by atoms with van der Waals surface area (Å²) in [6.45, 7) is 5.00. The molecule has 0 aromatic heterocycles. The Morgan fingerprint density at radius 2 is 1.64 bits per heavy atom. The first-order valence-corrected chi connectivity index (χ1v) is 8.93. The summed E-state index contributed by atoms with van der Waals surface area (Å²) in [4.78, 5) is 0. The van der Waals surface area contributed by atoms with E-state index >= 15 is 0 Å². The zero-order valence-electron chi connectivity index (χ0n) is 13.6. The van der Waals surface area contributed by atoms with Crippen molar-refractivity contribution in [2.24, 2.45) is 16.7 Å². The lowest BCUT2D eigenvalue weighted by Gasteiger charge is -2.65. The standard InChI is InChI=1S/C19H26N2S/c1-17-8-14-9-18(2,11-17)13-19(10-14,12-17)21-16(22)20-15-6-4-3-5-7-15/h3-7,14H,8-13H2,1-2H3,(H2,20,21,22)/t14?,17-,18-,19?/m1/s1. The molecule has 5 rings (SSSR count). The Hall–Kier alpha value is -1.09. The fourth-order valence-corrected chi connectivity index (χ4v) is 6.85.